The summed E-state index contributed by atoms with van der Waals surface area (Å²) >= 11 is 1.13. The van der Waals surface area contributed by atoms with E-state index >= 15 is 0 Å². The molecule has 0 saturated heterocycles. The van der Waals surface area contributed by atoms with Crippen molar-refractivity contribution in [1.82, 2.24) is 5.32 Å². The lowest BCUT2D eigenvalue weighted by atomic mass is 9.72. The van der Waals surface area contributed by atoms with Crippen LogP contribution in [0.4, 0.5) is 5.69 Å². The minimum Gasteiger partial charge on any atom is -0.325 e. The van der Waals surface area contributed by atoms with Gasteiger partial charge in [0, 0.05) is 11.1 Å². The number of fused-ring (bicyclic) bond motifs is 1. The van der Waals surface area contributed by atoms with Gasteiger partial charge in [0.2, 0.25) is 11.8 Å². The van der Waals surface area contributed by atoms with Gasteiger partial charge in [-0.3, -0.25) is 9.59 Å². The predicted molar refractivity (Wildman–Crippen MR) is 108 cm³/mol. The highest BCUT2D eigenvalue weighted by Gasteiger charge is 2.45. The summed E-state index contributed by atoms with van der Waals surface area (Å²) in [6.07, 6.45) is 3.26. The van der Waals surface area contributed by atoms with E-state index in [0.717, 1.165) is 36.7 Å². The Balaban J connectivity index is 1.76. The molecule has 1 aromatic rings. The third kappa shape index (κ3) is 3.63. The fraction of sp³-hybridized carbons (Fsp3) is 0.429. The normalized spacial score (nSPS) is 21.2. The van der Waals surface area contributed by atoms with E-state index in [0.29, 0.717) is 10.6 Å². The van der Waals surface area contributed by atoms with Crippen LogP contribution >= 0.6 is 11.8 Å². The number of nitriles is 2. The number of rotatable bonds is 4. The molecule has 0 fully saturated rings. The Labute approximate surface area is 169 Å². The lowest BCUT2D eigenvalue weighted by Crippen LogP contribution is -2.45. The number of hydrogen-bond donors (Lipinski definition) is 2. The fourth-order valence-corrected chi connectivity index (χ4v) is 4.74. The summed E-state index contributed by atoms with van der Waals surface area (Å²) in [5, 5.41) is 24.2. The minimum atomic E-state index is -0.943. The van der Waals surface area contributed by atoms with Crippen LogP contribution < -0.4 is 10.6 Å². The van der Waals surface area contributed by atoms with Gasteiger partial charge in [-0.2, -0.15) is 10.5 Å². The van der Waals surface area contributed by atoms with Gasteiger partial charge in [0.05, 0.1) is 28.0 Å². The molecule has 0 bridgehead atoms. The molecule has 0 aromatic heterocycles. The van der Waals surface area contributed by atoms with Crippen LogP contribution in [-0.2, 0) is 22.4 Å². The van der Waals surface area contributed by atoms with Crippen molar-refractivity contribution in [2.75, 3.05) is 5.32 Å². The van der Waals surface area contributed by atoms with E-state index in [4.69, 9.17) is 0 Å². The summed E-state index contributed by atoms with van der Waals surface area (Å²) in [4.78, 5) is 24.9. The highest BCUT2D eigenvalue weighted by Crippen LogP contribution is 2.42. The number of benzene rings is 1. The molecule has 1 aromatic carbocycles. The van der Waals surface area contributed by atoms with Gasteiger partial charge in [-0.15, -0.1) is 0 Å². The molecular weight excluding hydrogens is 372 g/mol. The summed E-state index contributed by atoms with van der Waals surface area (Å²) < 4.78 is 0. The number of carbonyl (C=O) groups excluding carboxylic acids is 2. The second kappa shape index (κ2) is 7.69. The van der Waals surface area contributed by atoms with E-state index in [1.807, 2.05) is 18.2 Å². The molecule has 2 aliphatic rings. The van der Waals surface area contributed by atoms with Crippen molar-refractivity contribution in [2.45, 2.75) is 45.3 Å². The van der Waals surface area contributed by atoms with Gasteiger partial charge < -0.3 is 10.6 Å². The minimum absolute atomic E-state index is 0.206. The van der Waals surface area contributed by atoms with Gasteiger partial charge in [-0.25, -0.2) is 0 Å². The van der Waals surface area contributed by atoms with Gasteiger partial charge in [0.1, 0.15) is 5.92 Å². The molecular formula is C21H22N4O2S. The van der Waals surface area contributed by atoms with Crippen LogP contribution in [0.3, 0.4) is 0 Å². The van der Waals surface area contributed by atoms with Gasteiger partial charge in [0.25, 0.3) is 0 Å². The fourth-order valence-electron chi connectivity index (χ4n) is 3.64. The van der Waals surface area contributed by atoms with Gasteiger partial charge >= 0.3 is 0 Å². The molecule has 3 rings (SSSR count). The number of nitrogens with zero attached hydrogens (tertiary/aromatic N) is 2. The molecule has 28 heavy (non-hydrogen) atoms. The molecule has 1 heterocycles. The summed E-state index contributed by atoms with van der Waals surface area (Å²) in [5.41, 5.74) is 2.77. The summed E-state index contributed by atoms with van der Waals surface area (Å²) in [7, 11) is 0. The molecule has 2 amide bonds. The number of carbonyl (C=O) groups is 2. The maximum absolute atomic E-state index is 12.6. The van der Waals surface area contributed by atoms with Crippen molar-refractivity contribution < 1.29 is 9.59 Å². The van der Waals surface area contributed by atoms with Crippen molar-refractivity contribution >= 4 is 29.3 Å². The Morgan fingerprint density at radius 2 is 2.04 bits per heavy atom. The molecule has 144 valence electrons. The van der Waals surface area contributed by atoms with Crippen molar-refractivity contribution in [3.63, 3.8) is 0 Å². The van der Waals surface area contributed by atoms with Crippen molar-refractivity contribution in [2.24, 2.45) is 11.3 Å². The molecule has 1 aliphatic carbocycles. The van der Waals surface area contributed by atoms with Crippen molar-refractivity contribution in [3.8, 4) is 12.1 Å². The predicted octanol–water partition coefficient (Wildman–Crippen LogP) is 3.27. The quantitative estimate of drug-likeness (QED) is 0.815. The third-order valence-corrected chi connectivity index (χ3v) is 6.47. The van der Waals surface area contributed by atoms with Gasteiger partial charge in [-0.05, 0) is 49.4 Å². The molecule has 6 nitrogen and oxygen atoms in total. The Hall–Kier alpha value is -2.77. The first-order valence-corrected chi connectivity index (χ1v) is 10.1. The molecule has 0 saturated carbocycles. The van der Waals surface area contributed by atoms with E-state index in [9.17, 15) is 20.1 Å². The van der Waals surface area contributed by atoms with E-state index < -0.39 is 22.5 Å². The smallest absolute Gasteiger partial charge is 0.243 e. The van der Waals surface area contributed by atoms with E-state index in [-0.39, 0.29) is 5.91 Å². The maximum Gasteiger partial charge on any atom is 0.243 e. The van der Waals surface area contributed by atoms with Crippen LogP contribution in [0.25, 0.3) is 0 Å². The van der Waals surface area contributed by atoms with E-state index in [1.54, 1.807) is 20.8 Å². The van der Waals surface area contributed by atoms with E-state index in [1.165, 1.54) is 11.1 Å². The Kier molecular flexibility index (Phi) is 5.49. The first-order chi connectivity index (χ1) is 13.3. The second-order valence-corrected chi connectivity index (χ2v) is 9.03. The van der Waals surface area contributed by atoms with Crippen molar-refractivity contribution in [1.29, 1.82) is 10.5 Å². The largest absolute Gasteiger partial charge is 0.325 e. The van der Waals surface area contributed by atoms with Crippen LogP contribution in [0, 0.1) is 34.0 Å². The van der Waals surface area contributed by atoms with Crippen molar-refractivity contribution in [3.05, 3.63) is 39.9 Å². The first-order valence-electron chi connectivity index (χ1n) is 9.22. The molecule has 0 unspecified atom stereocenters. The monoisotopic (exact) mass is 394 g/mol. The molecule has 0 radical (unpaired) electrons. The van der Waals surface area contributed by atoms with Crippen LogP contribution in [0.1, 0.15) is 38.3 Å². The average Bonchev–Trinajstić information content (AvgIpc) is 3.09. The van der Waals surface area contributed by atoms with Gasteiger partial charge in [0.15, 0.2) is 0 Å². The zero-order valence-electron chi connectivity index (χ0n) is 16.1. The summed E-state index contributed by atoms with van der Waals surface area (Å²) in [5.74, 6) is -1.59. The molecule has 1 aliphatic heterocycles. The van der Waals surface area contributed by atoms with Crippen LogP contribution in [-0.4, -0.2) is 17.1 Å². The number of anilines is 1. The van der Waals surface area contributed by atoms with Crippen LogP contribution in [0.2, 0.25) is 0 Å². The first kappa shape index (κ1) is 20.0. The SMILES string of the molecule is C[C@H](SC1=C(C#N)C(C)(C)[C@H](C#N)C(=O)N1)C(=O)Nc1ccc2c(c1)CCC2. The Morgan fingerprint density at radius 3 is 2.71 bits per heavy atom. The number of aryl methyl sites for hydroxylation is 2. The van der Waals surface area contributed by atoms with Gasteiger partial charge in [-0.1, -0.05) is 31.7 Å². The Bertz CT molecular complexity index is 952. The van der Waals surface area contributed by atoms with Crippen LogP contribution in [0.15, 0.2) is 28.8 Å². The number of amides is 2. The zero-order chi connectivity index (χ0) is 20.5. The third-order valence-electron chi connectivity index (χ3n) is 5.36. The lowest BCUT2D eigenvalue weighted by molar-refractivity contribution is -0.125. The number of thioether (sulfide) groups is 1. The zero-order valence-corrected chi connectivity index (χ0v) is 16.9. The molecule has 7 heteroatoms. The summed E-state index contributed by atoms with van der Waals surface area (Å²) in [6.45, 7) is 5.13. The number of allylic oxidation sites excluding steroid dienone is 1. The lowest BCUT2D eigenvalue weighted by Gasteiger charge is -2.35. The standard InChI is InChI=1S/C21H22N4O2S/c1-12(18(26)24-15-8-7-13-5-4-6-14(13)9-15)28-20-17(11-23)21(2,3)16(10-22)19(27)25-20/h7-9,12,16H,4-6H2,1-3H3,(H,24,26)(H,25,27)/t12-,16+/m0/s1. The van der Waals surface area contributed by atoms with E-state index in [2.05, 4.69) is 22.8 Å². The molecule has 0 spiro atoms. The topological polar surface area (TPSA) is 106 Å². The highest BCUT2D eigenvalue weighted by atomic mass is 32.2. The van der Waals surface area contributed by atoms with Crippen LogP contribution in [0.5, 0.6) is 0 Å². The highest BCUT2D eigenvalue weighted by molar-refractivity contribution is 8.04. The second-order valence-electron chi connectivity index (χ2n) is 7.68. The number of nitrogens with one attached hydrogen (secondary N) is 2. The molecule has 2 atom stereocenters. The Morgan fingerprint density at radius 1 is 1.32 bits per heavy atom. The maximum atomic E-state index is 12.6. The molecule has 2 N–H and O–H groups in total. The average molecular weight is 395 g/mol. The summed E-state index contributed by atoms with van der Waals surface area (Å²) in [6, 6.07) is 10.1. The number of hydrogen-bond acceptors (Lipinski definition) is 5.